The fraction of sp³-hybridized carbons (Fsp3) is 0.583. The molecule has 1 N–H and O–H groups in total. The zero-order valence-corrected chi connectivity index (χ0v) is 10.5. The maximum absolute atomic E-state index is 13.0. The molecule has 1 saturated carbocycles. The Balaban J connectivity index is 1.62. The molecule has 7 heteroatoms. The smallest absolute Gasteiger partial charge is 0.249 e. The molecule has 2 aliphatic rings. The van der Waals surface area contributed by atoms with E-state index in [1.54, 1.807) is 6.20 Å². The highest BCUT2D eigenvalue weighted by molar-refractivity contribution is 5.87. The van der Waals surface area contributed by atoms with Gasteiger partial charge < -0.3 is 4.90 Å². The highest BCUT2D eigenvalue weighted by atomic mass is 19.3. The lowest BCUT2D eigenvalue weighted by molar-refractivity contribution is -0.170. The molecule has 3 heterocycles. The minimum Gasteiger partial charge on any atom is -0.355 e. The molecule has 1 spiro atoms. The summed E-state index contributed by atoms with van der Waals surface area (Å²) in [5.41, 5.74) is 0.501. The van der Waals surface area contributed by atoms with Gasteiger partial charge in [-0.2, -0.15) is 5.10 Å². The minimum absolute atomic E-state index is 0.00902. The number of aromatic nitrogens is 4. The number of hydrogen-bond donors (Lipinski definition) is 1. The van der Waals surface area contributed by atoms with E-state index in [0.29, 0.717) is 24.6 Å². The summed E-state index contributed by atoms with van der Waals surface area (Å²) in [6, 6.07) is 0. The molecule has 0 radical (unpaired) electrons. The summed E-state index contributed by atoms with van der Waals surface area (Å²) in [5.74, 6) is -0.998. The topological polar surface area (TPSA) is 57.7 Å². The Hall–Kier alpha value is -1.79. The first-order chi connectivity index (χ1) is 8.96. The summed E-state index contributed by atoms with van der Waals surface area (Å²) in [5, 5.41) is 7.63. The number of halogens is 2. The lowest BCUT2D eigenvalue weighted by Crippen LogP contribution is -2.66. The highest BCUT2D eigenvalue weighted by Gasteiger charge is 2.62. The van der Waals surface area contributed by atoms with Crippen molar-refractivity contribution in [1.82, 2.24) is 20.2 Å². The van der Waals surface area contributed by atoms with E-state index in [1.807, 2.05) is 11.8 Å². The van der Waals surface area contributed by atoms with Crippen LogP contribution in [0.3, 0.4) is 0 Å². The van der Waals surface area contributed by atoms with Gasteiger partial charge in [-0.3, -0.25) is 5.10 Å². The van der Waals surface area contributed by atoms with E-state index in [1.165, 1.54) is 0 Å². The maximum Gasteiger partial charge on any atom is 0.249 e. The van der Waals surface area contributed by atoms with Crippen molar-refractivity contribution < 1.29 is 8.78 Å². The van der Waals surface area contributed by atoms with Crippen molar-refractivity contribution in [2.75, 3.05) is 18.0 Å². The predicted octanol–water partition coefficient (Wildman–Crippen LogP) is 1.90. The number of nitrogens with one attached hydrogen (secondary N) is 1. The molecule has 100 valence electrons. The lowest BCUT2D eigenvalue weighted by Gasteiger charge is -2.59. The summed E-state index contributed by atoms with van der Waals surface area (Å²) in [7, 11) is 0. The second-order valence-electron chi connectivity index (χ2n) is 5.79. The molecule has 2 aromatic heterocycles. The molecule has 19 heavy (non-hydrogen) atoms. The second kappa shape index (κ2) is 3.20. The molecule has 4 rings (SSSR count). The minimum atomic E-state index is -2.46. The van der Waals surface area contributed by atoms with Crippen LogP contribution in [0.2, 0.25) is 0 Å². The molecule has 0 amide bonds. The van der Waals surface area contributed by atoms with Crippen molar-refractivity contribution in [2.24, 2.45) is 5.41 Å². The van der Waals surface area contributed by atoms with Crippen LogP contribution in [0.1, 0.15) is 18.7 Å². The molecule has 0 bridgehead atoms. The van der Waals surface area contributed by atoms with Crippen molar-refractivity contribution in [3.63, 3.8) is 0 Å². The van der Waals surface area contributed by atoms with Crippen LogP contribution >= 0.6 is 0 Å². The van der Waals surface area contributed by atoms with Crippen LogP contribution in [-0.2, 0) is 0 Å². The second-order valence-corrected chi connectivity index (χ2v) is 5.79. The largest absolute Gasteiger partial charge is 0.355 e. The molecule has 5 nitrogen and oxygen atoms in total. The molecule has 1 aliphatic carbocycles. The molecule has 0 aromatic carbocycles. The van der Waals surface area contributed by atoms with Crippen molar-refractivity contribution in [3.8, 4) is 0 Å². The number of aromatic amines is 1. The Morgan fingerprint density at radius 3 is 2.68 bits per heavy atom. The molecule has 2 aromatic rings. The van der Waals surface area contributed by atoms with Gasteiger partial charge in [-0.05, 0) is 6.92 Å². The Bertz CT molecular complexity index is 649. The Morgan fingerprint density at radius 2 is 2.00 bits per heavy atom. The zero-order valence-electron chi connectivity index (χ0n) is 10.5. The van der Waals surface area contributed by atoms with E-state index in [0.717, 1.165) is 11.2 Å². The van der Waals surface area contributed by atoms with Crippen molar-refractivity contribution >= 4 is 16.9 Å². The summed E-state index contributed by atoms with van der Waals surface area (Å²) < 4.78 is 26.0. The Morgan fingerprint density at radius 1 is 1.26 bits per heavy atom. The average molecular weight is 265 g/mol. The van der Waals surface area contributed by atoms with E-state index >= 15 is 0 Å². The zero-order chi connectivity index (χ0) is 13.3. The number of alkyl halides is 2. The van der Waals surface area contributed by atoms with E-state index in [9.17, 15) is 8.78 Å². The number of aryl methyl sites for hydroxylation is 1. The standard InChI is InChI=1S/C12H13F2N5/c1-7-16-9-8(2-15-18-9)10(17-7)19-5-11(6-19)3-12(13,14)4-11/h2H,3-6H2,1H3,(H,15,16,17,18). The summed E-state index contributed by atoms with van der Waals surface area (Å²) in [6.07, 6.45) is 1.70. The van der Waals surface area contributed by atoms with Crippen molar-refractivity contribution in [1.29, 1.82) is 0 Å². The number of fused-ring (bicyclic) bond motifs is 1. The van der Waals surface area contributed by atoms with Crippen LogP contribution in [0.5, 0.6) is 0 Å². The van der Waals surface area contributed by atoms with Gasteiger partial charge in [0.1, 0.15) is 11.6 Å². The van der Waals surface area contributed by atoms with Crippen LogP contribution < -0.4 is 4.90 Å². The number of rotatable bonds is 1. The molecule has 0 unspecified atom stereocenters. The summed E-state index contributed by atoms with van der Waals surface area (Å²) in [6.45, 7) is 3.12. The van der Waals surface area contributed by atoms with Gasteiger partial charge in [-0.25, -0.2) is 18.7 Å². The number of nitrogens with zero attached hydrogens (tertiary/aromatic N) is 4. The monoisotopic (exact) mass is 265 g/mol. The van der Waals surface area contributed by atoms with E-state index < -0.39 is 5.92 Å². The van der Waals surface area contributed by atoms with Crippen LogP contribution in [-0.4, -0.2) is 39.2 Å². The first-order valence-corrected chi connectivity index (χ1v) is 6.27. The first-order valence-electron chi connectivity index (χ1n) is 6.27. The Labute approximate surface area is 108 Å². The van der Waals surface area contributed by atoms with Gasteiger partial charge in [-0.15, -0.1) is 0 Å². The summed E-state index contributed by atoms with van der Waals surface area (Å²) >= 11 is 0. The molecule has 1 saturated heterocycles. The quantitative estimate of drug-likeness (QED) is 0.855. The average Bonchev–Trinajstić information content (AvgIpc) is 2.68. The molecule has 1 aliphatic heterocycles. The highest BCUT2D eigenvalue weighted by Crippen LogP contribution is 2.57. The molecular weight excluding hydrogens is 252 g/mol. The van der Waals surface area contributed by atoms with Gasteiger partial charge in [0, 0.05) is 31.3 Å². The normalized spacial score (nSPS) is 23.4. The SMILES string of the molecule is Cc1nc(N2CC3(C2)CC(F)(F)C3)c2cn[nH]c2n1. The first kappa shape index (κ1) is 11.1. The van der Waals surface area contributed by atoms with Crippen LogP contribution in [0.25, 0.3) is 11.0 Å². The fourth-order valence-electron chi connectivity index (χ4n) is 3.35. The molecular formula is C12H13F2N5. The van der Waals surface area contributed by atoms with Gasteiger partial charge in [0.25, 0.3) is 0 Å². The van der Waals surface area contributed by atoms with Gasteiger partial charge in [0.15, 0.2) is 5.65 Å². The van der Waals surface area contributed by atoms with Crippen LogP contribution in [0, 0.1) is 12.3 Å². The third kappa shape index (κ3) is 1.53. The van der Waals surface area contributed by atoms with Gasteiger partial charge in [0.2, 0.25) is 5.92 Å². The van der Waals surface area contributed by atoms with E-state index in [4.69, 9.17) is 0 Å². The van der Waals surface area contributed by atoms with Gasteiger partial charge in [-0.1, -0.05) is 0 Å². The van der Waals surface area contributed by atoms with E-state index in [-0.39, 0.29) is 18.3 Å². The van der Waals surface area contributed by atoms with Crippen LogP contribution in [0.4, 0.5) is 14.6 Å². The number of hydrogen-bond acceptors (Lipinski definition) is 4. The lowest BCUT2D eigenvalue weighted by atomic mass is 9.61. The molecule has 2 fully saturated rings. The Kier molecular flexibility index (Phi) is 1.87. The third-order valence-corrected chi connectivity index (χ3v) is 4.02. The predicted molar refractivity (Wildman–Crippen MR) is 65.2 cm³/mol. The third-order valence-electron chi connectivity index (χ3n) is 4.02. The summed E-state index contributed by atoms with van der Waals surface area (Å²) in [4.78, 5) is 10.7. The number of anilines is 1. The van der Waals surface area contributed by atoms with Gasteiger partial charge in [0.05, 0.1) is 11.6 Å². The van der Waals surface area contributed by atoms with Gasteiger partial charge >= 0.3 is 0 Å². The molecule has 0 atom stereocenters. The number of H-pyrrole nitrogens is 1. The maximum atomic E-state index is 13.0. The van der Waals surface area contributed by atoms with E-state index in [2.05, 4.69) is 20.2 Å². The van der Waals surface area contributed by atoms with Crippen LogP contribution in [0.15, 0.2) is 6.20 Å². The fourth-order valence-corrected chi connectivity index (χ4v) is 3.35. The van der Waals surface area contributed by atoms with Crippen molar-refractivity contribution in [2.45, 2.75) is 25.7 Å². The van der Waals surface area contributed by atoms with Crippen molar-refractivity contribution in [3.05, 3.63) is 12.0 Å².